The first-order valence-corrected chi connectivity index (χ1v) is 7.20. The molecule has 7 nitrogen and oxygen atoms in total. The predicted octanol–water partition coefficient (Wildman–Crippen LogP) is 0.701. The zero-order valence-corrected chi connectivity index (χ0v) is 12.5. The summed E-state index contributed by atoms with van der Waals surface area (Å²) < 4.78 is 0.948. The van der Waals surface area contributed by atoms with Gasteiger partial charge in [-0.05, 0) is 37.3 Å². The van der Waals surface area contributed by atoms with E-state index in [1.54, 1.807) is 6.07 Å². The Balaban J connectivity index is 2.23. The normalized spacial score (nSPS) is 13.7. The monoisotopic (exact) mass is 300 g/mol. The second-order valence-electron chi connectivity index (χ2n) is 5.42. The number of aryl methyl sites for hydroxylation is 2. The minimum absolute atomic E-state index is 0.329. The first-order valence-electron chi connectivity index (χ1n) is 7.20. The van der Waals surface area contributed by atoms with Gasteiger partial charge in [0.15, 0.2) is 5.65 Å². The summed E-state index contributed by atoms with van der Waals surface area (Å²) in [5.41, 5.74) is 1.93. The van der Waals surface area contributed by atoms with Crippen molar-refractivity contribution in [3.8, 4) is 0 Å². The summed E-state index contributed by atoms with van der Waals surface area (Å²) in [7, 11) is 0. The fraction of sp³-hybridized carbons (Fsp3) is 0.400. The zero-order chi connectivity index (χ0) is 15.9. The number of aromatic nitrogens is 3. The Kier molecular flexibility index (Phi) is 3.48. The molecule has 2 aromatic rings. The molecule has 0 fully saturated rings. The molecule has 7 heteroatoms. The molecule has 0 N–H and O–H groups in total. The van der Waals surface area contributed by atoms with Gasteiger partial charge in [-0.1, -0.05) is 0 Å². The van der Waals surface area contributed by atoms with Gasteiger partial charge < -0.3 is 0 Å². The minimum atomic E-state index is -0.540. The number of carbonyl (C=O) groups is 2. The van der Waals surface area contributed by atoms with Crippen LogP contribution in [-0.2, 0) is 22.4 Å². The van der Waals surface area contributed by atoms with Gasteiger partial charge in [-0.25, -0.2) is 9.97 Å². The van der Waals surface area contributed by atoms with Crippen molar-refractivity contribution in [1.29, 1.82) is 0 Å². The first kappa shape index (κ1) is 14.4. The Morgan fingerprint density at radius 3 is 2.55 bits per heavy atom. The van der Waals surface area contributed by atoms with Crippen LogP contribution in [0.3, 0.4) is 0 Å². The number of fused-ring (bicyclic) bond motifs is 2. The molecule has 0 atom stereocenters. The van der Waals surface area contributed by atoms with Gasteiger partial charge in [0.2, 0.25) is 11.8 Å². The molecule has 0 aromatic carbocycles. The highest BCUT2D eigenvalue weighted by atomic mass is 16.2. The lowest BCUT2D eigenvalue weighted by atomic mass is 9.95. The number of carbonyl (C=O) groups excluding carboxylic acids is 2. The summed E-state index contributed by atoms with van der Waals surface area (Å²) in [5, 5.41) is 1.10. The Morgan fingerprint density at radius 2 is 1.86 bits per heavy atom. The number of nitrogens with zero attached hydrogens (tertiary/aromatic N) is 4. The van der Waals surface area contributed by atoms with E-state index in [-0.39, 0.29) is 0 Å². The maximum Gasteiger partial charge on any atom is 0.282 e. The third kappa shape index (κ3) is 2.28. The molecule has 0 aliphatic heterocycles. The molecule has 0 radical (unpaired) electrons. The molecule has 22 heavy (non-hydrogen) atoms. The number of amides is 2. The lowest BCUT2D eigenvalue weighted by Crippen LogP contribution is -2.48. The summed E-state index contributed by atoms with van der Waals surface area (Å²) in [4.78, 5) is 44.4. The van der Waals surface area contributed by atoms with Crippen molar-refractivity contribution < 1.29 is 9.59 Å². The van der Waals surface area contributed by atoms with Crippen molar-refractivity contribution in [2.24, 2.45) is 0 Å². The highest BCUT2D eigenvalue weighted by Gasteiger charge is 2.20. The fourth-order valence-corrected chi connectivity index (χ4v) is 2.83. The van der Waals surface area contributed by atoms with E-state index in [1.165, 1.54) is 20.2 Å². The van der Waals surface area contributed by atoms with Gasteiger partial charge >= 0.3 is 0 Å². The van der Waals surface area contributed by atoms with Crippen molar-refractivity contribution >= 4 is 22.8 Å². The van der Waals surface area contributed by atoms with E-state index >= 15 is 0 Å². The van der Waals surface area contributed by atoms with Gasteiger partial charge in [-0.3, -0.25) is 14.4 Å². The van der Waals surface area contributed by atoms with Gasteiger partial charge in [0, 0.05) is 19.5 Å². The van der Waals surface area contributed by atoms with Crippen molar-refractivity contribution in [3.05, 3.63) is 34.0 Å². The molecule has 2 amide bonds. The minimum Gasteiger partial charge on any atom is -0.273 e. The summed E-state index contributed by atoms with van der Waals surface area (Å²) in [6.45, 7) is 2.45. The molecule has 2 aromatic heterocycles. The Morgan fingerprint density at radius 1 is 1.18 bits per heavy atom. The molecule has 0 saturated heterocycles. The van der Waals surface area contributed by atoms with Crippen molar-refractivity contribution in [2.75, 3.05) is 5.01 Å². The van der Waals surface area contributed by atoms with Gasteiger partial charge in [0.05, 0.1) is 5.39 Å². The summed E-state index contributed by atoms with van der Waals surface area (Å²) in [6, 6.07) is 1.79. The number of hydrogen-bond acceptors (Lipinski definition) is 5. The van der Waals surface area contributed by atoms with Crippen LogP contribution in [0.1, 0.15) is 37.9 Å². The van der Waals surface area contributed by atoms with Gasteiger partial charge in [-0.2, -0.15) is 9.69 Å². The predicted molar refractivity (Wildman–Crippen MR) is 80.0 cm³/mol. The average Bonchev–Trinajstić information content (AvgIpc) is 2.48. The number of hydrogen-bond donors (Lipinski definition) is 0. The number of imide groups is 1. The second-order valence-corrected chi connectivity index (χ2v) is 5.42. The SMILES string of the molecule is CC(=O)N(C(C)=O)n1cnc2nc3c(cc2c1=O)CCCC3. The maximum absolute atomic E-state index is 12.6. The smallest absolute Gasteiger partial charge is 0.273 e. The van der Waals surface area contributed by atoms with E-state index in [9.17, 15) is 14.4 Å². The molecule has 0 spiro atoms. The van der Waals surface area contributed by atoms with Gasteiger partial charge in [0.25, 0.3) is 5.56 Å². The second kappa shape index (κ2) is 5.32. The third-order valence-corrected chi connectivity index (χ3v) is 3.82. The molecule has 1 aliphatic carbocycles. The quantitative estimate of drug-likeness (QED) is 0.774. The van der Waals surface area contributed by atoms with Crippen molar-refractivity contribution in [1.82, 2.24) is 14.6 Å². The third-order valence-electron chi connectivity index (χ3n) is 3.82. The fourth-order valence-electron chi connectivity index (χ4n) is 2.83. The maximum atomic E-state index is 12.6. The molecule has 114 valence electrons. The summed E-state index contributed by atoms with van der Waals surface area (Å²) in [5.74, 6) is -1.08. The van der Waals surface area contributed by atoms with Crippen LogP contribution in [0, 0.1) is 0 Å². The Bertz CT molecular complexity index is 827. The molecule has 0 unspecified atom stereocenters. The van der Waals surface area contributed by atoms with Crippen molar-refractivity contribution in [2.45, 2.75) is 39.5 Å². The highest BCUT2D eigenvalue weighted by Crippen LogP contribution is 2.21. The average molecular weight is 300 g/mol. The van der Waals surface area contributed by atoms with E-state index in [4.69, 9.17) is 0 Å². The van der Waals surface area contributed by atoms with E-state index in [0.717, 1.165) is 46.6 Å². The van der Waals surface area contributed by atoms with Gasteiger partial charge in [0.1, 0.15) is 6.33 Å². The molecule has 3 rings (SSSR count). The van der Waals surface area contributed by atoms with Crippen LogP contribution >= 0.6 is 0 Å². The standard InChI is InChI=1S/C15H16N4O3/c1-9(20)19(10(2)21)18-8-16-14-12(15(18)22)7-11-5-3-4-6-13(11)17-14/h7-8H,3-6H2,1-2H3. The van der Waals surface area contributed by atoms with Crippen LogP contribution < -0.4 is 10.6 Å². The summed E-state index contributed by atoms with van der Waals surface area (Å²) in [6.07, 6.45) is 5.11. The van der Waals surface area contributed by atoms with Crippen LogP contribution in [0.5, 0.6) is 0 Å². The van der Waals surface area contributed by atoms with Crippen molar-refractivity contribution in [3.63, 3.8) is 0 Å². The van der Waals surface area contributed by atoms with Crippen LogP contribution in [0.25, 0.3) is 11.0 Å². The van der Waals surface area contributed by atoms with Gasteiger partial charge in [-0.15, -0.1) is 0 Å². The molecule has 2 heterocycles. The summed E-state index contributed by atoms with van der Waals surface area (Å²) >= 11 is 0. The topological polar surface area (TPSA) is 85.2 Å². The molecular weight excluding hydrogens is 284 g/mol. The lowest BCUT2D eigenvalue weighted by Gasteiger charge is -2.19. The highest BCUT2D eigenvalue weighted by molar-refractivity contribution is 6.06. The van der Waals surface area contributed by atoms with Crippen LogP contribution in [0.2, 0.25) is 0 Å². The van der Waals surface area contributed by atoms with Crippen LogP contribution in [0.4, 0.5) is 0 Å². The Hall–Kier alpha value is -2.57. The largest absolute Gasteiger partial charge is 0.282 e. The van der Waals surface area contributed by atoms with E-state index in [0.29, 0.717) is 11.0 Å². The molecule has 0 saturated carbocycles. The van der Waals surface area contributed by atoms with E-state index < -0.39 is 17.4 Å². The van der Waals surface area contributed by atoms with E-state index in [2.05, 4.69) is 9.97 Å². The lowest BCUT2D eigenvalue weighted by molar-refractivity contribution is -0.126. The zero-order valence-electron chi connectivity index (χ0n) is 12.5. The van der Waals surface area contributed by atoms with Crippen LogP contribution in [0.15, 0.2) is 17.2 Å². The molecule has 0 bridgehead atoms. The van der Waals surface area contributed by atoms with Crippen LogP contribution in [-0.4, -0.2) is 26.5 Å². The van der Waals surface area contributed by atoms with E-state index in [1.807, 2.05) is 0 Å². The molecule has 1 aliphatic rings. The molecular formula is C15H16N4O3. The Labute approximate surface area is 126 Å². The first-order chi connectivity index (χ1) is 10.5. The number of pyridine rings is 1. The number of rotatable bonds is 1.